The summed E-state index contributed by atoms with van der Waals surface area (Å²) in [5.41, 5.74) is 5.46. The Balaban J connectivity index is 1.72. The number of aliphatic hydroxyl groups is 1. The molecule has 2 aliphatic rings. The van der Waals surface area contributed by atoms with Crippen molar-refractivity contribution in [1.82, 2.24) is 9.80 Å². The van der Waals surface area contributed by atoms with Crippen LogP contribution in [0.2, 0.25) is 0 Å². The minimum Gasteiger partial charge on any atom is -0.390 e. The molecule has 18 heavy (non-hydrogen) atoms. The molecule has 4 heteroatoms. The summed E-state index contributed by atoms with van der Waals surface area (Å²) in [4.78, 5) is 5.03. The maximum atomic E-state index is 9.58. The van der Waals surface area contributed by atoms with Crippen molar-refractivity contribution in [3.63, 3.8) is 0 Å². The minimum atomic E-state index is -0.352. The highest BCUT2D eigenvalue weighted by atomic mass is 16.3. The number of piperazine rings is 1. The molecule has 1 heterocycles. The second kappa shape index (κ2) is 7.43. The first-order valence-corrected chi connectivity index (χ1v) is 7.64. The van der Waals surface area contributed by atoms with E-state index in [9.17, 15) is 5.11 Å². The van der Waals surface area contributed by atoms with Crippen LogP contribution in [0.25, 0.3) is 0 Å². The third kappa shape index (κ3) is 4.19. The Morgan fingerprint density at radius 2 is 1.61 bits per heavy atom. The fourth-order valence-corrected chi connectivity index (χ4v) is 3.31. The number of hydrogen-bond acceptors (Lipinski definition) is 4. The van der Waals surface area contributed by atoms with Gasteiger partial charge in [-0.1, -0.05) is 25.7 Å². The van der Waals surface area contributed by atoms with E-state index in [2.05, 4.69) is 9.80 Å². The van der Waals surface area contributed by atoms with Crippen LogP contribution in [0.5, 0.6) is 0 Å². The summed E-state index contributed by atoms with van der Waals surface area (Å²) in [5.74, 6) is 0. The van der Waals surface area contributed by atoms with Crippen LogP contribution in [0.15, 0.2) is 0 Å². The van der Waals surface area contributed by atoms with E-state index in [-0.39, 0.29) is 6.10 Å². The number of nitrogens with zero attached hydrogens (tertiary/aromatic N) is 2. The molecule has 1 saturated carbocycles. The lowest BCUT2D eigenvalue weighted by atomic mass is 10.1. The van der Waals surface area contributed by atoms with E-state index in [4.69, 9.17) is 5.73 Å². The molecule has 4 nitrogen and oxygen atoms in total. The van der Waals surface area contributed by atoms with Crippen molar-refractivity contribution >= 4 is 0 Å². The van der Waals surface area contributed by atoms with Gasteiger partial charge in [0.2, 0.25) is 0 Å². The average Bonchev–Trinajstić information content (AvgIpc) is 2.68. The summed E-state index contributed by atoms with van der Waals surface area (Å²) in [7, 11) is 0. The van der Waals surface area contributed by atoms with Crippen molar-refractivity contribution in [2.45, 2.75) is 50.7 Å². The van der Waals surface area contributed by atoms with Gasteiger partial charge in [-0.2, -0.15) is 0 Å². The van der Waals surface area contributed by atoms with E-state index in [0.717, 1.165) is 25.7 Å². The molecule has 1 saturated heterocycles. The summed E-state index contributed by atoms with van der Waals surface area (Å²) in [6.45, 7) is 5.64. The van der Waals surface area contributed by atoms with Crippen molar-refractivity contribution in [1.29, 1.82) is 0 Å². The van der Waals surface area contributed by atoms with Gasteiger partial charge in [-0.3, -0.25) is 9.80 Å². The fourth-order valence-electron chi connectivity index (χ4n) is 3.31. The van der Waals surface area contributed by atoms with Crippen molar-refractivity contribution in [3.05, 3.63) is 0 Å². The molecule has 1 aliphatic heterocycles. The topological polar surface area (TPSA) is 52.7 Å². The summed E-state index contributed by atoms with van der Waals surface area (Å²) in [6.07, 6.45) is 8.12. The maximum absolute atomic E-state index is 9.58. The molecule has 0 aromatic heterocycles. The quantitative estimate of drug-likeness (QED) is 0.724. The van der Waals surface area contributed by atoms with Gasteiger partial charge in [-0.05, 0) is 12.8 Å². The lowest BCUT2D eigenvalue weighted by Gasteiger charge is -2.39. The number of nitrogens with two attached hydrogens (primary N) is 1. The molecule has 0 aromatic carbocycles. The highest BCUT2D eigenvalue weighted by Gasteiger charge is 2.24. The van der Waals surface area contributed by atoms with Crippen LogP contribution >= 0.6 is 0 Å². The number of β-amino-alcohol motifs (C(OH)–C–C–N with tert-alkyl or cyclic N) is 1. The normalized spacial score (nSPS) is 27.0. The van der Waals surface area contributed by atoms with Gasteiger partial charge in [0.1, 0.15) is 0 Å². The standard InChI is InChI=1S/C14H29N3O/c15-11-14(18)12-16-7-9-17(10-8-16)13-5-3-1-2-4-6-13/h13-14,18H,1-12,15H2. The van der Waals surface area contributed by atoms with Gasteiger partial charge in [0, 0.05) is 45.3 Å². The molecule has 106 valence electrons. The summed E-state index contributed by atoms with van der Waals surface area (Å²) in [5, 5.41) is 9.58. The van der Waals surface area contributed by atoms with Crippen molar-refractivity contribution in [3.8, 4) is 0 Å². The van der Waals surface area contributed by atoms with Gasteiger partial charge in [-0.15, -0.1) is 0 Å². The molecule has 0 spiro atoms. The van der Waals surface area contributed by atoms with E-state index < -0.39 is 0 Å². The van der Waals surface area contributed by atoms with E-state index in [1.807, 2.05) is 0 Å². The highest BCUT2D eigenvalue weighted by Crippen LogP contribution is 2.22. The molecule has 2 rings (SSSR count). The predicted molar refractivity (Wildman–Crippen MR) is 74.6 cm³/mol. The molecule has 1 atom stereocenters. The summed E-state index contributed by atoms with van der Waals surface area (Å²) < 4.78 is 0. The van der Waals surface area contributed by atoms with Crippen molar-refractivity contribution in [2.24, 2.45) is 5.73 Å². The van der Waals surface area contributed by atoms with Gasteiger partial charge in [0.25, 0.3) is 0 Å². The van der Waals surface area contributed by atoms with E-state index >= 15 is 0 Å². The minimum absolute atomic E-state index is 0.352. The lowest BCUT2D eigenvalue weighted by molar-refractivity contribution is 0.0556. The molecule has 1 aliphatic carbocycles. The third-order valence-corrected chi connectivity index (χ3v) is 4.49. The molecular weight excluding hydrogens is 226 g/mol. The molecule has 3 N–H and O–H groups in total. The predicted octanol–water partition coefficient (Wildman–Crippen LogP) is 0.646. The van der Waals surface area contributed by atoms with Crippen LogP contribution in [0.4, 0.5) is 0 Å². The van der Waals surface area contributed by atoms with Gasteiger partial charge in [0.05, 0.1) is 6.10 Å². The Hall–Kier alpha value is -0.160. The third-order valence-electron chi connectivity index (χ3n) is 4.49. The number of hydrogen-bond donors (Lipinski definition) is 2. The largest absolute Gasteiger partial charge is 0.390 e. The van der Waals surface area contributed by atoms with E-state index in [1.54, 1.807) is 0 Å². The number of aliphatic hydroxyl groups excluding tert-OH is 1. The molecule has 0 radical (unpaired) electrons. The SMILES string of the molecule is NCC(O)CN1CCN(C2CCCCCC2)CC1. The zero-order valence-electron chi connectivity index (χ0n) is 11.6. The van der Waals surface area contributed by atoms with Crippen LogP contribution < -0.4 is 5.73 Å². The molecule has 0 amide bonds. The Bertz CT molecular complexity index is 221. The fraction of sp³-hybridized carbons (Fsp3) is 1.00. The smallest absolute Gasteiger partial charge is 0.0789 e. The Morgan fingerprint density at radius 3 is 2.17 bits per heavy atom. The molecule has 0 aromatic rings. The van der Waals surface area contributed by atoms with Crippen LogP contribution in [-0.4, -0.2) is 66.3 Å². The van der Waals surface area contributed by atoms with Crippen LogP contribution in [-0.2, 0) is 0 Å². The van der Waals surface area contributed by atoms with E-state index in [1.165, 1.54) is 51.6 Å². The van der Waals surface area contributed by atoms with Gasteiger partial charge in [-0.25, -0.2) is 0 Å². The highest BCUT2D eigenvalue weighted by molar-refractivity contribution is 4.81. The van der Waals surface area contributed by atoms with Gasteiger partial charge >= 0.3 is 0 Å². The van der Waals surface area contributed by atoms with E-state index in [0.29, 0.717) is 6.54 Å². The average molecular weight is 255 g/mol. The lowest BCUT2D eigenvalue weighted by Crippen LogP contribution is -2.52. The Kier molecular flexibility index (Phi) is 5.89. The van der Waals surface area contributed by atoms with Crippen molar-refractivity contribution < 1.29 is 5.11 Å². The molecule has 0 bridgehead atoms. The second-order valence-electron chi connectivity index (χ2n) is 5.87. The molecular formula is C14H29N3O. The second-order valence-corrected chi connectivity index (χ2v) is 5.87. The summed E-state index contributed by atoms with van der Waals surface area (Å²) in [6, 6.07) is 0.828. The monoisotopic (exact) mass is 255 g/mol. The zero-order valence-corrected chi connectivity index (χ0v) is 11.6. The van der Waals surface area contributed by atoms with Gasteiger partial charge in [0.15, 0.2) is 0 Å². The molecule has 1 unspecified atom stereocenters. The first-order valence-electron chi connectivity index (χ1n) is 7.64. The maximum Gasteiger partial charge on any atom is 0.0789 e. The first-order chi connectivity index (χ1) is 8.79. The zero-order chi connectivity index (χ0) is 12.8. The first kappa shape index (κ1) is 14.3. The summed E-state index contributed by atoms with van der Waals surface area (Å²) >= 11 is 0. The van der Waals surface area contributed by atoms with Crippen LogP contribution in [0.1, 0.15) is 38.5 Å². The van der Waals surface area contributed by atoms with Crippen LogP contribution in [0, 0.1) is 0 Å². The molecule has 2 fully saturated rings. The van der Waals surface area contributed by atoms with Crippen molar-refractivity contribution in [2.75, 3.05) is 39.3 Å². The Labute approximate surface area is 111 Å². The number of rotatable bonds is 4. The van der Waals surface area contributed by atoms with Gasteiger partial charge < -0.3 is 10.8 Å². The van der Waals surface area contributed by atoms with Crippen LogP contribution in [0.3, 0.4) is 0 Å². The Morgan fingerprint density at radius 1 is 1.00 bits per heavy atom.